The first-order valence-corrected chi connectivity index (χ1v) is 5.66. The molecule has 0 unspecified atom stereocenters. The van der Waals surface area contributed by atoms with Crippen molar-refractivity contribution >= 4 is 5.78 Å². The first kappa shape index (κ1) is 11.3. The van der Waals surface area contributed by atoms with Crippen LogP contribution in [-0.2, 0) is 4.79 Å². The molecule has 0 atom stereocenters. The largest absolute Gasteiger partial charge is 0.388 e. The lowest BCUT2D eigenvalue weighted by Gasteiger charge is -2.21. The quantitative estimate of drug-likeness (QED) is 0.699. The van der Waals surface area contributed by atoms with Gasteiger partial charge in [-0.15, -0.1) is 0 Å². The van der Waals surface area contributed by atoms with E-state index >= 15 is 0 Å². The number of ketones is 1. The molecule has 0 aromatic heterocycles. The van der Waals surface area contributed by atoms with E-state index in [-0.39, 0.29) is 11.7 Å². The van der Waals surface area contributed by atoms with Crippen LogP contribution in [0.3, 0.4) is 0 Å². The molecule has 0 amide bonds. The van der Waals surface area contributed by atoms with Crippen molar-refractivity contribution in [2.24, 2.45) is 5.92 Å². The summed E-state index contributed by atoms with van der Waals surface area (Å²) in [6.45, 7) is 3.85. The number of rotatable bonds is 4. The third kappa shape index (κ3) is 3.95. The van der Waals surface area contributed by atoms with Gasteiger partial charge >= 0.3 is 0 Å². The van der Waals surface area contributed by atoms with Gasteiger partial charge in [0.2, 0.25) is 0 Å². The van der Waals surface area contributed by atoms with Gasteiger partial charge in [-0.1, -0.05) is 33.1 Å². The van der Waals surface area contributed by atoms with Crippen LogP contribution in [0.2, 0.25) is 0 Å². The summed E-state index contributed by atoms with van der Waals surface area (Å²) in [5.74, 6) is 0.313. The molecule has 2 heteroatoms. The highest BCUT2D eigenvalue weighted by Gasteiger charge is 2.10. The highest BCUT2D eigenvalue weighted by Crippen LogP contribution is 2.17. The molecule has 0 aromatic carbocycles. The molecule has 1 aliphatic rings. The Hall–Kier alpha value is -0.790. The van der Waals surface area contributed by atoms with Crippen LogP contribution in [0.4, 0.5) is 0 Å². The van der Waals surface area contributed by atoms with Crippen molar-refractivity contribution in [3.63, 3.8) is 0 Å². The molecular weight excluding hydrogens is 174 g/mol. The molecular formula is C12H21NO. The van der Waals surface area contributed by atoms with Crippen LogP contribution in [0.1, 0.15) is 46.0 Å². The minimum absolute atomic E-state index is 0.111. The Labute approximate surface area is 86.8 Å². The fraction of sp³-hybridized carbons (Fsp3) is 0.750. The van der Waals surface area contributed by atoms with E-state index in [0.29, 0.717) is 6.04 Å². The van der Waals surface area contributed by atoms with Gasteiger partial charge in [-0.25, -0.2) is 0 Å². The number of carbonyl (C=O) groups is 1. The maximum atomic E-state index is 11.3. The summed E-state index contributed by atoms with van der Waals surface area (Å²) in [6.07, 6.45) is 10.0. The lowest BCUT2D eigenvalue weighted by molar-refractivity contribution is -0.117. The van der Waals surface area contributed by atoms with E-state index < -0.39 is 0 Å². The van der Waals surface area contributed by atoms with Crippen molar-refractivity contribution < 1.29 is 4.79 Å². The van der Waals surface area contributed by atoms with Crippen molar-refractivity contribution in [2.75, 3.05) is 0 Å². The summed E-state index contributed by atoms with van der Waals surface area (Å²) >= 11 is 0. The summed E-state index contributed by atoms with van der Waals surface area (Å²) in [7, 11) is 0. The number of hydrogen-bond donors (Lipinski definition) is 1. The van der Waals surface area contributed by atoms with E-state index in [1.54, 1.807) is 6.08 Å². The maximum Gasteiger partial charge on any atom is 0.159 e. The van der Waals surface area contributed by atoms with Gasteiger partial charge in [-0.05, 0) is 18.9 Å². The SMILES string of the molecule is CC(C)C(=O)/C=C\NC1CCCCC1. The summed E-state index contributed by atoms with van der Waals surface area (Å²) in [5, 5.41) is 3.31. The zero-order chi connectivity index (χ0) is 10.4. The number of nitrogens with one attached hydrogen (secondary N) is 1. The predicted octanol–water partition coefficient (Wildman–Crippen LogP) is 2.65. The first-order chi connectivity index (χ1) is 6.70. The highest BCUT2D eigenvalue weighted by atomic mass is 16.1. The van der Waals surface area contributed by atoms with Crippen LogP contribution in [0, 0.1) is 5.92 Å². The van der Waals surface area contributed by atoms with Crippen LogP contribution in [0.25, 0.3) is 0 Å². The van der Waals surface area contributed by atoms with Crippen LogP contribution in [0.15, 0.2) is 12.3 Å². The Morgan fingerprint density at radius 1 is 1.29 bits per heavy atom. The third-order valence-electron chi connectivity index (χ3n) is 2.75. The lowest BCUT2D eigenvalue weighted by atomic mass is 9.96. The van der Waals surface area contributed by atoms with Crippen LogP contribution >= 0.6 is 0 Å². The van der Waals surface area contributed by atoms with E-state index in [1.165, 1.54) is 32.1 Å². The average molecular weight is 195 g/mol. The van der Waals surface area contributed by atoms with Gasteiger partial charge in [-0.2, -0.15) is 0 Å². The predicted molar refractivity (Wildman–Crippen MR) is 59.0 cm³/mol. The number of allylic oxidation sites excluding steroid dienone is 1. The summed E-state index contributed by atoms with van der Waals surface area (Å²) in [5.41, 5.74) is 0. The number of carbonyl (C=O) groups excluding carboxylic acids is 1. The van der Waals surface area contributed by atoms with E-state index in [9.17, 15) is 4.79 Å². The third-order valence-corrected chi connectivity index (χ3v) is 2.75. The molecule has 2 nitrogen and oxygen atoms in total. The monoisotopic (exact) mass is 195 g/mol. The average Bonchev–Trinajstić information content (AvgIpc) is 2.19. The molecule has 0 aromatic rings. The molecule has 80 valence electrons. The minimum atomic E-state index is 0.111. The van der Waals surface area contributed by atoms with E-state index in [4.69, 9.17) is 0 Å². The summed E-state index contributed by atoms with van der Waals surface area (Å²) in [6, 6.07) is 0.597. The van der Waals surface area contributed by atoms with Crippen molar-refractivity contribution in [1.29, 1.82) is 0 Å². The summed E-state index contributed by atoms with van der Waals surface area (Å²) < 4.78 is 0. The van der Waals surface area contributed by atoms with Gasteiger partial charge in [0.1, 0.15) is 0 Å². The molecule has 14 heavy (non-hydrogen) atoms. The van der Waals surface area contributed by atoms with Crippen molar-refractivity contribution in [2.45, 2.75) is 52.0 Å². The Kier molecular flexibility index (Phi) is 4.71. The van der Waals surface area contributed by atoms with E-state index in [1.807, 2.05) is 20.0 Å². The van der Waals surface area contributed by atoms with Gasteiger partial charge in [-0.3, -0.25) is 4.79 Å². The molecule has 0 heterocycles. The van der Waals surface area contributed by atoms with Gasteiger partial charge in [0.05, 0.1) is 0 Å². The Balaban J connectivity index is 2.21. The van der Waals surface area contributed by atoms with Gasteiger partial charge in [0, 0.05) is 18.2 Å². The normalized spacial score (nSPS) is 19.1. The van der Waals surface area contributed by atoms with E-state index in [2.05, 4.69) is 5.32 Å². The standard InChI is InChI=1S/C12H21NO/c1-10(2)12(14)8-9-13-11-6-4-3-5-7-11/h8-11,13H,3-7H2,1-2H3/b9-8-. The van der Waals surface area contributed by atoms with Crippen LogP contribution < -0.4 is 5.32 Å². The van der Waals surface area contributed by atoms with Crippen molar-refractivity contribution in [3.05, 3.63) is 12.3 Å². The molecule has 0 aliphatic heterocycles. The fourth-order valence-electron chi connectivity index (χ4n) is 1.73. The molecule has 0 saturated heterocycles. The van der Waals surface area contributed by atoms with Crippen molar-refractivity contribution in [3.8, 4) is 0 Å². The zero-order valence-corrected chi connectivity index (χ0v) is 9.25. The summed E-state index contributed by atoms with van der Waals surface area (Å²) in [4.78, 5) is 11.3. The second kappa shape index (κ2) is 5.84. The molecule has 1 N–H and O–H groups in total. The fourth-order valence-corrected chi connectivity index (χ4v) is 1.73. The van der Waals surface area contributed by atoms with Gasteiger partial charge < -0.3 is 5.32 Å². The maximum absolute atomic E-state index is 11.3. The molecule has 1 rings (SSSR count). The zero-order valence-electron chi connectivity index (χ0n) is 9.25. The van der Waals surface area contributed by atoms with Crippen molar-refractivity contribution in [1.82, 2.24) is 5.32 Å². The van der Waals surface area contributed by atoms with E-state index in [0.717, 1.165) is 0 Å². The van der Waals surface area contributed by atoms with Crippen LogP contribution in [-0.4, -0.2) is 11.8 Å². The second-order valence-electron chi connectivity index (χ2n) is 4.39. The van der Waals surface area contributed by atoms with Gasteiger partial charge in [0.15, 0.2) is 5.78 Å². The molecule has 1 saturated carbocycles. The molecule has 1 aliphatic carbocycles. The molecule has 0 spiro atoms. The Morgan fingerprint density at radius 3 is 2.50 bits per heavy atom. The molecule has 0 bridgehead atoms. The minimum Gasteiger partial charge on any atom is -0.388 e. The molecule has 1 fully saturated rings. The number of hydrogen-bond acceptors (Lipinski definition) is 2. The van der Waals surface area contributed by atoms with Gasteiger partial charge in [0.25, 0.3) is 0 Å². The first-order valence-electron chi connectivity index (χ1n) is 5.66. The van der Waals surface area contributed by atoms with Crippen LogP contribution in [0.5, 0.6) is 0 Å². The smallest absolute Gasteiger partial charge is 0.159 e. The molecule has 0 radical (unpaired) electrons. The topological polar surface area (TPSA) is 29.1 Å². The highest BCUT2D eigenvalue weighted by molar-refractivity contribution is 5.90. The Bertz CT molecular complexity index is 202. The second-order valence-corrected chi connectivity index (χ2v) is 4.39. The Morgan fingerprint density at radius 2 is 1.93 bits per heavy atom. The lowest BCUT2D eigenvalue weighted by Crippen LogP contribution is -2.26.